The maximum absolute atomic E-state index is 9.59. The number of hydrogen-bond donors (Lipinski definition) is 2. The predicted octanol–water partition coefficient (Wildman–Crippen LogP) is 4.98. The summed E-state index contributed by atoms with van der Waals surface area (Å²) in [5.74, 6) is 0.462. The van der Waals surface area contributed by atoms with E-state index in [-0.39, 0.29) is 11.5 Å². The van der Waals surface area contributed by atoms with Crippen LogP contribution in [0.5, 0.6) is 11.5 Å². The van der Waals surface area contributed by atoms with Crippen LogP contribution in [0.1, 0.15) is 0 Å². The second-order valence-corrected chi connectivity index (χ2v) is 5.66. The third-order valence-corrected chi connectivity index (χ3v) is 4.10. The molecule has 1 heterocycles. The Balaban J connectivity index is 2.04. The van der Waals surface area contributed by atoms with Gasteiger partial charge in [0, 0.05) is 22.7 Å². The number of benzene rings is 3. The Morgan fingerprint density at radius 1 is 0.625 bits per heavy atom. The standard InChI is InChI=1S/C21H15NO2/c23-17-9-5-14(6-10-17)20-19-4-2-1-3-16(19)13-22-21(20)15-7-11-18(24)12-8-15/h1-13,23-24H. The summed E-state index contributed by atoms with van der Waals surface area (Å²) >= 11 is 0. The lowest BCUT2D eigenvalue weighted by molar-refractivity contribution is 0.475. The molecule has 0 amide bonds. The fourth-order valence-corrected chi connectivity index (χ4v) is 2.92. The Labute approximate surface area is 139 Å². The summed E-state index contributed by atoms with van der Waals surface area (Å²) in [6.45, 7) is 0. The number of aromatic nitrogens is 1. The van der Waals surface area contributed by atoms with Crippen molar-refractivity contribution < 1.29 is 10.2 Å². The van der Waals surface area contributed by atoms with Crippen LogP contribution in [-0.4, -0.2) is 15.2 Å². The van der Waals surface area contributed by atoms with Crippen molar-refractivity contribution in [2.45, 2.75) is 0 Å². The Bertz CT molecular complexity index is 1010. The van der Waals surface area contributed by atoms with Gasteiger partial charge in [0.1, 0.15) is 11.5 Å². The first-order valence-corrected chi connectivity index (χ1v) is 7.69. The molecule has 0 unspecified atom stereocenters. The number of rotatable bonds is 2. The minimum atomic E-state index is 0.228. The smallest absolute Gasteiger partial charge is 0.115 e. The fraction of sp³-hybridized carbons (Fsp3) is 0. The van der Waals surface area contributed by atoms with Crippen molar-refractivity contribution >= 4 is 10.8 Å². The second kappa shape index (κ2) is 5.70. The zero-order valence-corrected chi connectivity index (χ0v) is 12.8. The van der Waals surface area contributed by atoms with Gasteiger partial charge in [-0.1, -0.05) is 36.4 Å². The van der Waals surface area contributed by atoms with Crippen LogP contribution in [0.3, 0.4) is 0 Å². The molecule has 0 fully saturated rings. The van der Waals surface area contributed by atoms with Crippen molar-refractivity contribution in [1.82, 2.24) is 4.98 Å². The first-order valence-electron chi connectivity index (χ1n) is 7.69. The maximum atomic E-state index is 9.59. The van der Waals surface area contributed by atoms with E-state index in [1.807, 2.05) is 48.7 Å². The van der Waals surface area contributed by atoms with Gasteiger partial charge in [-0.05, 0) is 47.3 Å². The van der Waals surface area contributed by atoms with Crippen LogP contribution >= 0.6 is 0 Å². The first-order chi connectivity index (χ1) is 11.7. The molecule has 0 aliphatic carbocycles. The zero-order valence-electron chi connectivity index (χ0n) is 12.8. The molecule has 116 valence electrons. The van der Waals surface area contributed by atoms with Crippen LogP contribution in [-0.2, 0) is 0 Å². The zero-order chi connectivity index (χ0) is 16.5. The molecule has 3 aromatic carbocycles. The minimum Gasteiger partial charge on any atom is -0.508 e. The normalized spacial score (nSPS) is 10.8. The number of fused-ring (bicyclic) bond motifs is 1. The number of phenolic OH excluding ortho intramolecular Hbond substituents is 2. The largest absolute Gasteiger partial charge is 0.508 e. The molecule has 0 saturated heterocycles. The number of hydrogen-bond acceptors (Lipinski definition) is 3. The molecular formula is C21H15NO2. The van der Waals surface area contributed by atoms with E-state index in [4.69, 9.17) is 0 Å². The van der Waals surface area contributed by atoms with Crippen molar-refractivity contribution in [1.29, 1.82) is 0 Å². The summed E-state index contributed by atoms with van der Waals surface area (Å²) in [4.78, 5) is 4.66. The highest BCUT2D eigenvalue weighted by molar-refractivity contribution is 6.02. The number of phenols is 2. The number of aromatic hydroxyl groups is 2. The minimum absolute atomic E-state index is 0.228. The third kappa shape index (κ3) is 2.46. The van der Waals surface area contributed by atoms with E-state index in [2.05, 4.69) is 11.1 Å². The van der Waals surface area contributed by atoms with Gasteiger partial charge in [0.2, 0.25) is 0 Å². The van der Waals surface area contributed by atoms with Crippen LogP contribution < -0.4 is 0 Å². The van der Waals surface area contributed by atoms with Gasteiger partial charge in [-0.2, -0.15) is 0 Å². The van der Waals surface area contributed by atoms with Crippen molar-refractivity contribution in [2.24, 2.45) is 0 Å². The topological polar surface area (TPSA) is 53.4 Å². The Hall–Kier alpha value is -3.33. The molecule has 0 saturated carbocycles. The van der Waals surface area contributed by atoms with Gasteiger partial charge in [0.05, 0.1) is 5.69 Å². The molecule has 2 N–H and O–H groups in total. The predicted molar refractivity (Wildman–Crippen MR) is 95.9 cm³/mol. The van der Waals surface area contributed by atoms with Crippen molar-refractivity contribution in [3.8, 4) is 33.9 Å². The quantitative estimate of drug-likeness (QED) is 0.549. The molecular weight excluding hydrogens is 298 g/mol. The fourth-order valence-electron chi connectivity index (χ4n) is 2.92. The average Bonchev–Trinajstić information content (AvgIpc) is 2.62. The molecule has 0 aliphatic rings. The van der Waals surface area contributed by atoms with E-state index in [1.165, 1.54) is 0 Å². The molecule has 0 atom stereocenters. The summed E-state index contributed by atoms with van der Waals surface area (Å²) in [6, 6.07) is 22.3. The summed E-state index contributed by atoms with van der Waals surface area (Å²) in [5.41, 5.74) is 3.78. The van der Waals surface area contributed by atoms with E-state index >= 15 is 0 Å². The lowest BCUT2D eigenvalue weighted by Gasteiger charge is -2.13. The van der Waals surface area contributed by atoms with Crippen LogP contribution in [0.4, 0.5) is 0 Å². The van der Waals surface area contributed by atoms with Gasteiger partial charge in [0.15, 0.2) is 0 Å². The Morgan fingerprint density at radius 2 is 1.21 bits per heavy atom. The molecule has 0 aliphatic heterocycles. The van der Waals surface area contributed by atoms with Crippen molar-refractivity contribution in [2.75, 3.05) is 0 Å². The van der Waals surface area contributed by atoms with E-state index in [0.717, 1.165) is 33.2 Å². The second-order valence-electron chi connectivity index (χ2n) is 5.66. The maximum Gasteiger partial charge on any atom is 0.115 e. The summed E-state index contributed by atoms with van der Waals surface area (Å²) < 4.78 is 0. The molecule has 4 aromatic rings. The average molecular weight is 313 g/mol. The summed E-state index contributed by atoms with van der Waals surface area (Å²) in [7, 11) is 0. The molecule has 0 bridgehead atoms. The Kier molecular flexibility index (Phi) is 3.39. The Morgan fingerprint density at radius 3 is 1.88 bits per heavy atom. The number of pyridine rings is 1. The monoisotopic (exact) mass is 313 g/mol. The van der Waals surface area contributed by atoms with Crippen LogP contribution in [0, 0.1) is 0 Å². The highest BCUT2D eigenvalue weighted by Crippen LogP contribution is 2.37. The van der Waals surface area contributed by atoms with E-state index in [0.29, 0.717) is 0 Å². The molecule has 3 heteroatoms. The summed E-state index contributed by atoms with van der Waals surface area (Å²) in [5, 5.41) is 21.3. The van der Waals surface area contributed by atoms with Crippen molar-refractivity contribution in [3.05, 3.63) is 79.0 Å². The summed E-state index contributed by atoms with van der Waals surface area (Å²) in [6.07, 6.45) is 1.86. The molecule has 0 spiro atoms. The molecule has 3 nitrogen and oxygen atoms in total. The number of nitrogens with zero attached hydrogens (tertiary/aromatic N) is 1. The molecule has 24 heavy (non-hydrogen) atoms. The SMILES string of the molecule is Oc1ccc(-c2ncc3ccccc3c2-c2ccc(O)cc2)cc1. The van der Waals surface area contributed by atoms with Crippen LogP contribution in [0.25, 0.3) is 33.2 Å². The van der Waals surface area contributed by atoms with Gasteiger partial charge >= 0.3 is 0 Å². The van der Waals surface area contributed by atoms with Gasteiger partial charge in [0.25, 0.3) is 0 Å². The molecule has 1 aromatic heterocycles. The highest BCUT2D eigenvalue weighted by atomic mass is 16.3. The molecule has 0 radical (unpaired) electrons. The molecule has 4 rings (SSSR count). The van der Waals surface area contributed by atoms with Gasteiger partial charge in [-0.15, -0.1) is 0 Å². The van der Waals surface area contributed by atoms with Crippen LogP contribution in [0.2, 0.25) is 0 Å². The van der Waals surface area contributed by atoms with Gasteiger partial charge in [-0.3, -0.25) is 4.98 Å². The highest BCUT2D eigenvalue weighted by Gasteiger charge is 2.13. The van der Waals surface area contributed by atoms with Gasteiger partial charge in [-0.25, -0.2) is 0 Å². The third-order valence-electron chi connectivity index (χ3n) is 4.10. The van der Waals surface area contributed by atoms with Gasteiger partial charge < -0.3 is 10.2 Å². The van der Waals surface area contributed by atoms with Crippen molar-refractivity contribution in [3.63, 3.8) is 0 Å². The van der Waals surface area contributed by atoms with E-state index in [1.54, 1.807) is 24.3 Å². The first kappa shape index (κ1) is 14.3. The van der Waals surface area contributed by atoms with Crippen LogP contribution in [0.15, 0.2) is 79.0 Å². The lowest BCUT2D eigenvalue weighted by Crippen LogP contribution is -1.91. The van der Waals surface area contributed by atoms with E-state index < -0.39 is 0 Å². The lowest BCUT2D eigenvalue weighted by atomic mass is 9.94. The van der Waals surface area contributed by atoms with E-state index in [9.17, 15) is 10.2 Å².